The first-order chi connectivity index (χ1) is 12.8. The van der Waals surface area contributed by atoms with Crippen molar-refractivity contribution in [1.29, 1.82) is 0 Å². The highest BCUT2D eigenvalue weighted by molar-refractivity contribution is 7.15. The smallest absolute Gasteiger partial charge is 0.298 e. The second-order valence-electron chi connectivity index (χ2n) is 6.99. The van der Waals surface area contributed by atoms with Crippen LogP contribution < -0.4 is 16.6 Å². The molecule has 27 heavy (non-hydrogen) atoms. The van der Waals surface area contributed by atoms with Gasteiger partial charge in [0.25, 0.3) is 11.5 Å². The maximum atomic E-state index is 12.6. The van der Waals surface area contributed by atoms with Gasteiger partial charge in [-0.05, 0) is 31.2 Å². The zero-order valence-corrected chi connectivity index (χ0v) is 16.1. The van der Waals surface area contributed by atoms with E-state index < -0.39 is 11.2 Å². The van der Waals surface area contributed by atoms with E-state index in [2.05, 4.69) is 22.2 Å². The highest BCUT2D eigenvalue weighted by atomic mass is 32.1. The van der Waals surface area contributed by atoms with E-state index in [9.17, 15) is 14.4 Å². The molecule has 0 saturated carbocycles. The molecule has 0 spiro atoms. The van der Waals surface area contributed by atoms with Gasteiger partial charge in [-0.15, -0.1) is 11.3 Å². The van der Waals surface area contributed by atoms with Crippen molar-refractivity contribution in [3.05, 3.63) is 49.2 Å². The summed E-state index contributed by atoms with van der Waals surface area (Å²) in [6.07, 6.45) is 4.40. The third-order valence-corrected chi connectivity index (χ3v) is 6.00. The van der Waals surface area contributed by atoms with Crippen LogP contribution in [0.4, 0.5) is 5.13 Å². The van der Waals surface area contributed by atoms with Crippen LogP contribution in [0.15, 0.2) is 21.9 Å². The molecule has 0 saturated heterocycles. The molecule has 1 aliphatic carbocycles. The number of carbonyl (C=O) groups excluding carboxylic acids is 1. The first-order valence-corrected chi connectivity index (χ1v) is 9.52. The topological polar surface area (TPSA) is 98.9 Å². The third-order valence-electron chi connectivity index (χ3n) is 4.96. The number of anilines is 1. The van der Waals surface area contributed by atoms with Crippen LogP contribution in [0.2, 0.25) is 0 Å². The van der Waals surface area contributed by atoms with Gasteiger partial charge in [0.1, 0.15) is 5.65 Å². The van der Waals surface area contributed by atoms with E-state index in [-0.39, 0.29) is 22.5 Å². The summed E-state index contributed by atoms with van der Waals surface area (Å²) in [7, 11) is 2.94. The summed E-state index contributed by atoms with van der Waals surface area (Å²) in [5.74, 6) is 0.258. The normalized spacial score (nSPS) is 16.3. The Hall–Kier alpha value is -2.81. The first kappa shape index (κ1) is 17.6. The summed E-state index contributed by atoms with van der Waals surface area (Å²) in [5.41, 5.74) is 0.626. The van der Waals surface area contributed by atoms with Crippen LogP contribution in [0.25, 0.3) is 11.0 Å². The number of amides is 1. The van der Waals surface area contributed by atoms with Crippen molar-refractivity contribution in [2.45, 2.75) is 26.2 Å². The average Bonchev–Trinajstić information content (AvgIpc) is 3.05. The molecule has 4 rings (SSSR count). The number of carbonyl (C=O) groups is 1. The van der Waals surface area contributed by atoms with E-state index in [1.807, 2.05) is 0 Å². The standard InChI is InChI=1S/C18H19N5O3S/c1-9-4-5-12-13(6-9)27-17(20-12)21-15(24)10-7-11-14(19-8-10)22(2)18(26)23(3)16(11)25/h7-9H,4-6H2,1-3H3,(H,20,21,24). The van der Waals surface area contributed by atoms with Crippen LogP contribution >= 0.6 is 11.3 Å². The lowest BCUT2D eigenvalue weighted by atomic mass is 9.93. The number of pyridine rings is 1. The van der Waals surface area contributed by atoms with Crippen LogP contribution in [-0.2, 0) is 26.9 Å². The summed E-state index contributed by atoms with van der Waals surface area (Å²) in [6.45, 7) is 2.22. The molecule has 8 nitrogen and oxygen atoms in total. The van der Waals surface area contributed by atoms with Gasteiger partial charge in [0.2, 0.25) is 0 Å². The van der Waals surface area contributed by atoms with E-state index in [0.717, 1.165) is 29.5 Å². The van der Waals surface area contributed by atoms with Gasteiger partial charge in [-0.2, -0.15) is 0 Å². The van der Waals surface area contributed by atoms with Gasteiger partial charge >= 0.3 is 5.69 Å². The van der Waals surface area contributed by atoms with Gasteiger partial charge in [-0.3, -0.25) is 24.0 Å². The lowest BCUT2D eigenvalue weighted by molar-refractivity contribution is 0.102. The summed E-state index contributed by atoms with van der Waals surface area (Å²) in [6, 6.07) is 1.47. The number of nitrogens with zero attached hydrogens (tertiary/aromatic N) is 4. The van der Waals surface area contributed by atoms with Crippen molar-refractivity contribution >= 4 is 33.4 Å². The predicted octanol–water partition coefficient (Wildman–Crippen LogP) is 1.47. The van der Waals surface area contributed by atoms with E-state index in [1.54, 1.807) is 0 Å². The second-order valence-corrected chi connectivity index (χ2v) is 8.08. The van der Waals surface area contributed by atoms with Gasteiger partial charge in [0.05, 0.1) is 16.6 Å². The quantitative estimate of drug-likeness (QED) is 0.720. The fourth-order valence-corrected chi connectivity index (χ4v) is 4.52. The van der Waals surface area contributed by atoms with Gasteiger partial charge in [0, 0.05) is 25.2 Å². The van der Waals surface area contributed by atoms with Crippen LogP contribution in [0.5, 0.6) is 0 Å². The van der Waals surface area contributed by atoms with Crippen LogP contribution in [0.1, 0.15) is 34.3 Å². The molecular formula is C18H19N5O3S. The molecule has 0 bridgehead atoms. The van der Waals surface area contributed by atoms with Crippen molar-refractivity contribution in [2.24, 2.45) is 20.0 Å². The SMILES string of the molecule is CC1CCc2nc(NC(=O)c3cnc4c(c3)c(=O)n(C)c(=O)n4C)sc2C1. The number of fused-ring (bicyclic) bond motifs is 2. The minimum absolute atomic E-state index is 0.222. The number of aryl methyl sites for hydroxylation is 2. The van der Waals surface area contributed by atoms with Crippen molar-refractivity contribution < 1.29 is 4.79 Å². The number of rotatable bonds is 2. The Morgan fingerprint density at radius 1 is 1.30 bits per heavy atom. The predicted molar refractivity (Wildman–Crippen MR) is 103 cm³/mol. The molecule has 1 aliphatic rings. The van der Waals surface area contributed by atoms with Crippen molar-refractivity contribution in [3.63, 3.8) is 0 Å². The molecule has 1 amide bonds. The molecule has 3 aromatic heterocycles. The Morgan fingerprint density at radius 3 is 2.85 bits per heavy atom. The highest BCUT2D eigenvalue weighted by Gasteiger charge is 2.21. The Labute approximate surface area is 158 Å². The van der Waals surface area contributed by atoms with E-state index in [0.29, 0.717) is 11.0 Å². The number of hydrogen-bond donors (Lipinski definition) is 1. The van der Waals surface area contributed by atoms with E-state index >= 15 is 0 Å². The third kappa shape index (κ3) is 2.97. The molecular weight excluding hydrogens is 366 g/mol. The molecule has 1 N–H and O–H groups in total. The lowest BCUT2D eigenvalue weighted by Crippen LogP contribution is -2.37. The monoisotopic (exact) mass is 385 g/mol. The Balaban J connectivity index is 1.67. The molecule has 1 unspecified atom stereocenters. The molecule has 9 heteroatoms. The van der Waals surface area contributed by atoms with Gasteiger partial charge < -0.3 is 0 Å². The molecule has 3 heterocycles. The maximum absolute atomic E-state index is 12.6. The number of aromatic nitrogens is 4. The maximum Gasteiger partial charge on any atom is 0.332 e. The van der Waals surface area contributed by atoms with Gasteiger partial charge in [-0.1, -0.05) is 6.92 Å². The minimum atomic E-state index is -0.478. The molecule has 0 aromatic carbocycles. The van der Waals surface area contributed by atoms with E-state index in [1.165, 1.54) is 47.1 Å². The zero-order valence-electron chi connectivity index (χ0n) is 15.3. The lowest BCUT2D eigenvalue weighted by Gasteiger charge is -2.15. The summed E-state index contributed by atoms with van der Waals surface area (Å²) in [5, 5.41) is 3.59. The molecule has 0 aliphatic heterocycles. The minimum Gasteiger partial charge on any atom is -0.298 e. The highest BCUT2D eigenvalue weighted by Crippen LogP contribution is 2.32. The summed E-state index contributed by atoms with van der Waals surface area (Å²) < 4.78 is 2.29. The zero-order chi connectivity index (χ0) is 19.3. The average molecular weight is 385 g/mol. The fraction of sp³-hybridized carbons (Fsp3) is 0.389. The molecule has 1 atom stereocenters. The van der Waals surface area contributed by atoms with Crippen molar-refractivity contribution in [2.75, 3.05) is 5.32 Å². The fourth-order valence-electron chi connectivity index (χ4n) is 3.35. The second kappa shape index (κ2) is 6.41. The molecule has 0 fully saturated rings. The van der Waals surface area contributed by atoms with Crippen LogP contribution in [-0.4, -0.2) is 25.0 Å². The first-order valence-electron chi connectivity index (χ1n) is 8.71. The van der Waals surface area contributed by atoms with Crippen LogP contribution in [0.3, 0.4) is 0 Å². The number of thiazole rings is 1. The molecule has 140 valence electrons. The van der Waals surface area contributed by atoms with Crippen molar-refractivity contribution in [3.8, 4) is 0 Å². The van der Waals surface area contributed by atoms with E-state index in [4.69, 9.17) is 0 Å². The molecule has 3 aromatic rings. The number of nitrogens with one attached hydrogen (secondary N) is 1. The summed E-state index contributed by atoms with van der Waals surface area (Å²) >= 11 is 1.50. The Bertz CT molecular complexity index is 1190. The Morgan fingerprint density at radius 2 is 2.07 bits per heavy atom. The number of hydrogen-bond acceptors (Lipinski definition) is 6. The summed E-state index contributed by atoms with van der Waals surface area (Å²) in [4.78, 5) is 46.9. The van der Waals surface area contributed by atoms with Crippen molar-refractivity contribution in [1.82, 2.24) is 19.1 Å². The van der Waals surface area contributed by atoms with Gasteiger partial charge in [-0.25, -0.2) is 14.8 Å². The Kier molecular flexibility index (Phi) is 4.18. The van der Waals surface area contributed by atoms with Gasteiger partial charge in [0.15, 0.2) is 5.13 Å². The molecule has 0 radical (unpaired) electrons. The van der Waals surface area contributed by atoms with Crippen LogP contribution in [0, 0.1) is 5.92 Å². The largest absolute Gasteiger partial charge is 0.332 e.